The quantitative estimate of drug-likeness (QED) is 0.593. The van der Waals surface area contributed by atoms with Gasteiger partial charge in [-0.05, 0) is 25.6 Å². The molecule has 2 heterocycles. The summed E-state index contributed by atoms with van der Waals surface area (Å²) in [6.45, 7) is 4.78. The second kappa shape index (κ2) is 9.39. The lowest BCUT2D eigenvalue weighted by Crippen LogP contribution is -2.55. The number of fused-ring (bicyclic) bond motifs is 1. The Balaban J connectivity index is 1.52. The van der Waals surface area contributed by atoms with Crippen molar-refractivity contribution in [1.82, 2.24) is 24.9 Å². The highest BCUT2D eigenvalue weighted by Crippen LogP contribution is 2.16. The number of H-pyrrole nitrogens is 1. The van der Waals surface area contributed by atoms with E-state index in [4.69, 9.17) is 6.42 Å². The van der Waals surface area contributed by atoms with Crippen LogP contribution in [0.1, 0.15) is 12.5 Å². The van der Waals surface area contributed by atoms with Crippen molar-refractivity contribution in [2.75, 3.05) is 39.8 Å². The molecule has 7 heteroatoms. The second-order valence-electron chi connectivity index (χ2n) is 7.49. The number of nitrogens with one attached hydrogen (secondary N) is 1. The average molecular weight is 393 g/mol. The number of hydrogen-bond donors (Lipinski definition) is 1. The zero-order valence-corrected chi connectivity index (χ0v) is 17.0. The Morgan fingerprint density at radius 3 is 3.00 bits per heavy atom. The molecule has 1 atom stereocenters. The average Bonchev–Trinajstić information content (AvgIpc) is 3.15. The number of aromatic amines is 1. The highest BCUT2D eigenvalue weighted by molar-refractivity contribution is 5.88. The third-order valence-electron chi connectivity index (χ3n) is 5.16. The summed E-state index contributed by atoms with van der Waals surface area (Å²) in [5.41, 5.74) is 1.88. The van der Waals surface area contributed by atoms with Crippen LogP contribution in [0.3, 0.4) is 0 Å². The first-order valence-electron chi connectivity index (χ1n) is 9.77. The van der Waals surface area contributed by atoms with Gasteiger partial charge in [0.05, 0.1) is 24.7 Å². The number of likely N-dealkylation sites (N-methyl/N-ethyl adjacent to an activating group) is 1. The normalized spacial score (nSPS) is 17.2. The summed E-state index contributed by atoms with van der Waals surface area (Å²) < 4.78 is 0. The monoisotopic (exact) mass is 393 g/mol. The molecular weight excluding hydrogens is 366 g/mol. The molecular formula is C22H27N5O2. The van der Waals surface area contributed by atoms with E-state index in [1.54, 1.807) is 17.2 Å². The molecule has 1 aliphatic rings. The molecule has 0 spiro atoms. The molecule has 1 aromatic carbocycles. The largest absolute Gasteiger partial charge is 0.336 e. The predicted octanol–water partition coefficient (Wildman–Crippen LogP) is 1.29. The van der Waals surface area contributed by atoms with Gasteiger partial charge in [0.2, 0.25) is 11.8 Å². The minimum absolute atomic E-state index is 0.0198. The maximum Gasteiger partial charge on any atom is 0.246 e. The highest BCUT2D eigenvalue weighted by Gasteiger charge is 2.28. The summed E-state index contributed by atoms with van der Waals surface area (Å²) in [7, 11) is 1.91. The number of rotatable bonds is 6. The molecule has 1 fully saturated rings. The summed E-state index contributed by atoms with van der Waals surface area (Å²) in [5, 5.41) is 7.97. The standard InChI is InChI=1S/C22H27N5O2/c1-4-9-25(3)10-5-6-21(28)26-11-12-27(17(2)16-26)22(29)14-18-7-8-19-15-23-24-20(19)13-18/h1,5-8,13,15,17H,9-12,14,16H2,2-3H3,(H,23,24)/b6-5+/t17-/m0/s1. The molecule has 7 nitrogen and oxygen atoms in total. The van der Waals surface area contributed by atoms with Crippen molar-refractivity contribution >= 4 is 22.7 Å². The van der Waals surface area contributed by atoms with E-state index in [1.807, 2.05) is 48.0 Å². The van der Waals surface area contributed by atoms with Gasteiger partial charge < -0.3 is 9.80 Å². The number of hydrogen-bond acceptors (Lipinski definition) is 4. The Bertz CT molecular complexity index is 942. The van der Waals surface area contributed by atoms with E-state index in [0.717, 1.165) is 16.5 Å². The van der Waals surface area contributed by atoms with Gasteiger partial charge in [-0.3, -0.25) is 19.6 Å². The fourth-order valence-corrected chi connectivity index (χ4v) is 3.56. The number of aromatic nitrogens is 2. The molecule has 1 saturated heterocycles. The molecule has 1 aromatic heterocycles. The zero-order chi connectivity index (χ0) is 20.8. The summed E-state index contributed by atoms with van der Waals surface area (Å²) in [5.74, 6) is 2.62. The van der Waals surface area contributed by atoms with Crippen LogP contribution in [0.5, 0.6) is 0 Å². The van der Waals surface area contributed by atoms with E-state index in [2.05, 4.69) is 16.1 Å². The molecule has 29 heavy (non-hydrogen) atoms. The van der Waals surface area contributed by atoms with Gasteiger partial charge in [-0.1, -0.05) is 24.1 Å². The third kappa shape index (κ3) is 5.24. The molecule has 0 unspecified atom stereocenters. The molecule has 3 rings (SSSR count). The van der Waals surface area contributed by atoms with Gasteiger partial charge in [-0.15, -0.1) is 6.42 Å². The minimum atomic E-state index is -0.0252. The molecule has 0 bridgehead atoms. The number of terminal acetylenes is 1. The molecule has 152 valence electrons. The van der Waals surface area contributed by atoms with Crippen molar-refractivity contribution in [3.63, 3.8) is 0 Å². The van der Waals surface area contributed by atoms with Crippen LogP contribution in [0, 0.1) is 12.3 Å². The first kappa shape index (κ1) is 20.6. The van der Waals surface area contributed by atoms with E-state index in [0.29, 0.717) is 39.1 Å². The fraction of sp³-hybridized carbons (Fsp3) is 0.409. The van der Waals surface area contributed by atoms with Crippen LogP contribution in [0.25, 0.3) is 10.9 Å². The fourth-order valence-electron chi connectivity index (χ4n) is 3.56. The summed E-state index contributed by atoms with van der Waals surface area (Å²) in [6, 6.07) is 5.87. The summed E-state index contributed by atoms with van der Waals surface area (Å²) >= 11 is 0. The van der Waals surface area contributed by atoms with E-state index in [-0.39, 0.29) is 17.9 Å². The van der Waals surface area contributed by atoms with Gasteiger partial charge in [0.1, 0.15) is 0 Å². The van der Waals surface area contributed by atoms with Crippen LogP contribution in [0.4, 0.5) is 0 Å². The molecule has 1 aliphatic heterocycles. The Morgan fingerprint density at radius 1 is 1.41 bits per heavy atom. The van der Waals surface area contributed by atoms with Crippen LogP contribution >= 0.6 is 0 Å². The number of carbonyl (C=O) groups excluding carboxylic acids is 2. The number of benzene rings is 1. The predicted molar refractivity (Wildman–Crippen MR) is 113 cm³/mol. The molecule has 0 aliphatic carbocycles. The van der Waals surface area contributed by atoms with E-state index >= 15 is 0 Å². The SMILES string of the molecule is C#CCN(C)C/C=C/C(=O)N1CCN(C(=O)Cc2ccc3cn[nH]c3c2)[C@@H](C)C1. The maximum absolute atomic E-state index is 12.8. The number of amides is 2. The topological polar surface area (TPSA) is 72.5 Å². The first-order valence-corrected chi connectivity index (χ1v) is 9.77. The van der Waals surface area contributed by atoms with Crippen LogP contribution in [-0.2, 0) is 16.0 Å². The van der Waals surface area contributed by atoms with Crippen molar-refractivity contribution in [1.29, 1.82) is 0 Å². The minimum Gasteiger partial charge on any atom is -0.336 e. The Morgan fingerprint density at radius 2 is 2.24 bits per heavy atom. The summed E-state index contributed by atoms with van der Waals surface area (Å²) in [4.78, 5) is 30.8. The third-order valence-corrected chi connectivity index (χ3v) is 5.16. The lowest BCUT2D eigenvalue weighted by molar-refractivity contribution is -0.139. The smallest absolute Gasteiger partial charge is 0.246 e. The van der Waals surface area contributed by atoms with Crippen LogP contribution in [0.2, 0.25) is 0 Å². The zero-order valence-electron chi connectivity index (χ0n) is 17.0. The van der Waals surface area contributed by atoms with Gasteiger partial charge in [0.15, 0.2) is 0 Å². The van der Waals surface area contributed by atoms with Crippen LogP contribution < -0.4 is 0 Å². The van der Waals surface area contributed by atoms with Crippen molar-refractivity contribution in [2.24, 2.45) is 0 Å². The lowest BCUT2D eigenvalue weighted by Gasteiger charge is -2.39. The number of piperazine rings is 1. The van der Waals surface area contributed by atoms with Crippen molar-refractivity contribution < 1.29 is 9.59 Å². The van der Waals surface area contributed by atoms with E-state index in [9.17, 15) is 9.59 Å². The molecule has 2 aromatic rings. The van der Waals surface area contributed by atoms with Crippen molar-refractivity contribution in [3.8, 4) is 12.3 Å². The van der Waals surface area contributed by atoms with Gasteiger partial charge in [-0.25, -0.2) is 0 Å². The van der Waals surface area contributed by atoms with Crippen LogP contribution in [0.15, 0.2) is 36.5 Å². The van der Waals surface area contributed by atoms with Crippen LogP contribution in [-0.4, -0.2) is 82.5 Å². The second-order valence-corrected chi connectivity index (χ2v) is 7.49. The number of nitrogens with zero attached hydrogens (tertiary/aromatic N) is 4. The molecule has 1 N–H and O–H groups in total. The lowest BCUT2D eigenvalue weighted by atomic mass is 10.1. The van der Waals surface area contributed by atoms with Gasteiger partial charge in [-0.2, -0.15) is 5.10 Å². The first-order chi connectivity index (χ1) is 14.0. The van der Waals surface area contributed by atoms with E-state index in [1.165, 1.54) is 0 Å². The summed E-state index contributed by atoms with van der Waals surface area (Å²) in [6.07, 6.45) is 10.8. The van der Waals surface area contributed by atoms with Gasteiger partial charge in [0.25, 0.3) is 0 Å². The number of carbonyl (C=O) groups is 2. The molecule has 2 amide bonds. The maximum atomic E-state index is 12.8. The van der Waals surface area contributed by atoms with E-state index < -0.39 is 0 Å². The Hall–Kier alpha value is -3.11. The van der Waals surface area contributed by atoms with Crippen molar-refractivity contribution in [3.05, 3.63) is 42.1 Å². The Labute approximate surface area is 171 Å². The van der Waals surface area contributed by atoms with Crippen molar-refractivity contribution in [2.45, 2.75) is 19.4 Å². The van der Waals surface area contributed by atoms with Gasteiger partial charge >= 0.3 is 0 Å². The molecule has 0 saturated carbocycles. The highest BCUT2D eigenvalue weighted by atomic mass is 16.2. The van der Waals surface area contributed by atoms with Gasteiger partial charge in [0, 0.05) is 43.7 Å². The molecule has 0 radical (unpaired) electrons. The Kier molecular flexibility index (Phi) is 6.68.